The van der Waals surface area contributed by atoms with Crippen LogP contribution in [-0.4, -0.2) is 63.9 Å². The van der Waals surface area contributed by atoms with Crippen molar-refractivity contribution in [3.05, 3.63) is 118 Å². The van der Waals surface area contributed by atoms with E-state index in [2.05, 4.69) is 23.6 Å². The van der Waals surface area contributed by atoms with Crippen molar-refractivity contribution < 1.29 is 45.4 Å². The van der Waals surface area contributed by atoms with Crippen LogP contribution >= 0.6 is 11.6 Å². The number of carbonyl (C=O) groups is 2. The summed E-state index contributed by atoms with van der Waals surface area (Å²) in [5.74, 6) is -1.54. The number of nitrogens with one attached hydrogen (secondary N) is 1. The topological polar surface area (TPSA) is 124 Å². The fraction of sp³-hybridized carbons (Fsp3) is 0.468. The summed E-state index contributed by atoms with van der Waals surface area (Å²) >= 11 is 6.26. The first-order valence-corrected chi connectivity index (χ1v) is 23.2. The lowest BCUT2D eigenvalue weighted by molar-refractivity contribution is -0.174. The maximum atomic E-state index is 14.5. The van der Waals surface area contributed by atoms with Crippen molar-refractivity contribution in [3.8, 4) is 11.5 Å². The van der Waals surface area contributed by atoms with E-state index in [-0.39, 0.29) is 67.1 Å². The van der Waals surface area contributed by atoms with Gasteiger partial charge in [0.15, 0.2) is 0 Å². The number of nitrogens with zero attached hydrogens (tertiary/aromatic N) is 2. The molecular weight excluding hydrogens is 843 g/mol. The molecule has 1 aromatic heterocycles. The van der Waals surface area contributed by atoms with Gasteiger partial charge in [0.2, 0.25) is 10.0 Å². The minimum absolute atomic E-state index is 0.00462. The zero-order valence-electron chi connectivity index (χ0n) is 35.2. The molecule has 0 radical (unpaired) electrons. The first-order valence-electron chi connectivity index (χ1n) is 21.2. The van der Waals surface area contributed by atoms with Crippen LogP contribution in [0, 0.1) is 11.8 Å². The van der Waals surface area contributed by atoms with Gasteiger partial charge in [-0.05, 0) is 134 Å². The van der Waals surface area contributed by atoms with Gasteiger partial charge in [-0.15, -0.1) is 0 Å². The molecule has 0 saturated heterocycles. The van der Waals surface area contributed by atoms with Crippen molar-refractivity contribution in [2.24, 2.45) is 11.8 Å². The number of pyridine rings is 1. The third-order valence-corrected chi connectivity index (χ3v) is 14.6. The predicted molar refractivity (Wildman–Crippen MR) is 231 cm³/mol. The third-order valence-electron chi connectivity index (χ3n) is 13.0. The molecule has 332 valence electrons. The summed E-state index contributed by atoms with van der Waals surface area (Å²) in [6, 6.07) is 22.1. The van der Waals surface area contributed by atoms with E-state index in [9.17, 15) is 31.2 Å². The molecule has 1 saturated carbocycles. The summed E-state index contributed by atoms with van der Waals surface area (Å²) in [7, 11) is -2.51. The average molecular weight is 896 g/mol. The highest BCUT2D eigenvalue weighted by Crippen LogP contribution is 2.58. The molecule has 3 aliphatic rings. The summed E-state index contributed by atoms with van der Waals surface area (Å²) in [5.41, 5.74) is 2.16. The maximum absolute atomic E-state index is 14.5. The highest BCUT2D eigenvalue weighted by Gasteiger charge is 2.60. The Morgan fingerprint density at radius 1 is 1.00 bits per heavy atom. The van der Waals surface area contributed by atoms with Crippen LogP contribution in [0.1, 0.15) is 92.7 Å². The summed E-state index contributed by atoms with van der Waals surface area (Å²) < 4.78 is 89.4. The molecule has 3 aromatic carbocycles. The Balaban J connectivity index is 1.16. The van der Waals surface area contributed by atoms with Crippen molar-refractivity contribution >= 4 is 39.2 Å². The van der Waals surface area contributed by atoms with Crippen molar-refractivity contribution in [1.82, 2.24) is 9.71 Å². The zero-order chi connectivity index (χ0) is 44.3. The maximum Gasteiger partial charge on any atom is 0.471 e. The molecule has 1 fully saturated rings. The lowest BCUT2D eigenvalue weighted by atomic mass is 9.59. The van der Waals surface area contributed by atoms with Crippen LogP contribution in [0.2, 0.25) is 5.02 Å². The predicted octanol–water partition coefficient (Wildman–Crippen LogP) is 9.27. The molecule has 7 rings (SSSR count). The number of alkyl halides is 3. The van der Waals surface area contributed by atoms with Gasteiger partial charge in [-0.3, -0.25) is 14.7 Å². The van der Waals surface area contributed by atoms with Crippen LogP contribution in [0.15, 0.2) is 85.1 Å². The summed E-state index contributed by atoms with van der Waals surface area (Å²) in [4.78, 5) is 32.5. The van der Waals surface area contributed by atoms with Gasteiger partial charge in [0.25, 0.3) is 0 Å². The van der Waals surface area contributed by atoms with Crippen molar-refractivity contribution in [3.63, 3.8) is 0 Å². The Morgan fingerprint density at radius 2 is 1.76 bits per heavy atom. The molecule has 0 unspecified atom stereocenters. The number of rotatable bonds is 15. The number of aryl methyl sites for hydroxylation is 1. The lowest BCUT2D eigenvalue weighted by Gasteiger charge is -2.51. The normalized spacial score (nSPS) is 22.6. The van der Waals surface area contributed by atoms with Gasteiger partial charge in [0.05, 0.1) is 19.5 Å². The number of benzene rings is 3. The number of hydrogen-bond acceptors (Lipinski definition) is 8. The number of ether oxygens (including phenoxy) is 3. The van der Waals surface area contributed by atoms with Crippen LogP contribution in [0.5, 0.6) is 11.5 Å². The Hall–Kier alpha value is -4.66. The minimum Gasteiger partial charge on any atom is -0.493 e. The summed E-state index contributed by atoms with van der Waals surface area (Å²) in [5, 5.41) is 0.106. The number of aromatic nitrogens is 1. The van der Waals surface area contributed by atoms with Crippen LogP contribution < -0.4 is 19.1 Å². The number of sulfonamides is 1. The van der Waals surface area contributed by atoms with Gasteiger partial charge in [-0.1, -0.05) is 67.9 Å². The molecule has 3 aliphatic carbocycles. The second-order valence-electron chi connectivity index (χ2n) is 17.1. The zero-order valence-corrected chi connectivity index (χ0v) is 36.8. The monoisotopic (exact) mass is 895 g/mol. The summed E-state index contributed by atoms with van der Waals surface area (Å²) in [6.07, 6.45) is 1.22. The van der Waals surface area contributed by atoms with E-state index in [1.165, 1.54) is 24.3 Å². The van der Waals surface area contributed by atoms with E-state index in [0.29, 0.717) is 41.6 Å². The molecule has 1 amide bonds. The molecule has 3 atom stereocenters. The van der Waals surface area contributed by atoms with E-state index in [1.807, 2.05) is 30.3 Å². The van der Waals surface area contributed by atoms with Crippen LogP contribution in [0.3, 0.4) is 0 Å². The lowest BCUT2D eigenvalue weighted by Crippen LogP contribution is -2.63. The Kier molecular flexibility index (Phi) is 13.6. The van der Waals surface area contributed by atoms with E-state index >= 15 is 0 Å². The SMILES string of the molecule is COC(=O)C1(N(C(=O)C(F)(F)F)c2cccc(Cl)c2)CCC2(CC1)c1cc(OCCNS(=O)(=O)Cc3ccccc3)ccc1C[C@@H]2C[C@@H](C)COc1ccnc2c1[C@H](C)CCC2. The second kappa shape index (κ2) is 18.6. The van der Waals surface area contributed by atoms with Crippen molar-refractivity contribution in [1.29, 1.82) is 0 Å². The molecule has 1 heterocycles. The molecule has 0 bridgehead atoms. The fourth-order valence-electron chi connectivity index (χ4n) is 10.1. The second-order valence-corrected chi connectivity index (χ2v) is 19.4. The number of methoxy groups -OCH3 is 1. The van der Waals surface area contributed by atoms with E-state index < -0.39 is 39.0 Å². The van der Waals surface area contributed by atoms with Gasteiger partial charge in [0.1, 0.15) is 23.6 Å². The van der Waals surface area contributed by atoms with E-state index in [4.69, 9.17) is 25.8 Å². The van der Waals surface area contributed by atoms with Crippen LogP contribution in [0.25, 0.3) is 0 Å². The van der Waals surface area contributed by atoms with Gasteiger partial charge in [0, 0.05) is 34.7 Å². The summed E-state index contributed by atoms with van der Waals surface area (Å²) in [6.45, 7) is 4.85. The molecule has 15 heteroatoms. The highest BCUT2D eigenvalue weighted by atomic mass is 35.5. The van der Waals surface area contributed by atoms with E-state index in [0.717, 1.165) is 54.5 Å². The van der Waals surface area contributed by atoms with Gasteiger partial charge >= 0.3 is 18.1 Å². The molecule has 10 nitrogen and oxygen atoms in total. The number of hydrogen-bond donors (Lipinski definition) is 1. The smallest absolute Gasteiger partial charge is 0.471 e. The Morgan fingerprint density at radius 3 is 2.47 bits per heavy atom. The van der Waals surface area contributed by atoms with Gasteiger partial charge < -0.3 is 14.2 Å². The number of fused-ring (bicyclic) bond motifs is 3. The first-order chi connectivity index (χ1) is 29.5. The molecule has 4 aromatic rings. The van der Waals surface area contributed by atoms with Crippen LogP contribution in [-0.2, 0) is 48.4 Å². The molecule has 1 N–H and O–H groups in total. The van der Waals surface area contributed by atoms with Crippen LogP contribution in [0.4, 0.5) is 18.9 Å². The van der Waals surface area contributed by atoms with Gasteiger partial charge in [-0.2, -0.15) is 13.2 Å². The number of carbonyl (C=O) groups excluding carboxylic acids is 2. The molecular formula is C47H53ClF3N3O7S. The fourth-order valence-corrected chi connectivity index (χ4v) is 11.5. The quantitative estimate of drug-likeness (QED) is 0.0926. The Bertz CT molecular complexity index is 2360. The van der Waals surface area contributed by atoms with Crippen molar-refractivity contribution in [2.75, 3.05) is 31.8 Å². The number of halogens is 4. The van der Waals surface area contributed by atoms with Gasteiger partial charge in [-0.25, -0.2) is 17.9 Å². The minimum atomic E-state index is -5.30. The number of amides is 1. The largest absolute Gasteiger partial charge is 0.493 e. The van der Waals surface area contributed by atoms with E-state index in [1.54, 1.807) is 30.5 Å². The third kappa shape index (κ3) is 9.62. The Labute approximate surface area is 366 Å². The average Bonchev–Trinajstić information content (AvgIpc) is 3.52. The number of esters is 1. The standard InChI is InChI=1S/C47H53ClF3N3O7S/c1-31(29-61-41-17-22-52-40-14-7-9-32(2)42(40)41)25-35-26-34-15-16-38(60-24-23-53-62(57,58)30-33-10-5-4-6-11-33)28-39(34)45(35)18-20-46(21-19-45,44(56)59-3)54(43(55)47(49,50)51)37-13-8-12-36(48)27-37/h4-6,8,10-13,15-17,22,27-28,31-32,35,53H,7,9,14,18-21,23-26,29-30H2,1-3H3/t31-,32-,35+,45?,46?/m1/s1. The molecule has 1 spiro atoms. The first kappa shape index (κ1) is 45.4. The molecule has 0 aliphatic heterocycles. The van der Waals surface area contributed by atoms with Crippen molar-refractivity contribution in [2.45, 2.75) is 100 Å². The highest BCUT2D eigenvalue weighted by molar-refractivity contribution is 7.88. The molecule has 62 heavy (non-hydrogen) atoms. The number of anilines is 1.